The molecule has 0 N–H and O–H groups in total. The molecule has 0 atom stereocenters. The molecular weight excluding hydrogens is 310 g/mol. The molecule has 2 aromatic rings. The molecule has 0 saturated carbocycles. The van der Waals surface area contributed by atoms with Gasteiger partial charge < -0.3 is 18.8 Å². The smallest absolute Gasteiger partial charge is 0.338 e. The summed E-state index contributed by atoms with van der Waals surface area (Å²) in [6.45, 7) is 3.45. The summed E-state index contributed by atoms with van der Waals surface area (Å²) in [4.78, 5) is 24.5. The lowest BCUT2D eigenvalue weighted by Crippen LogP contribution is -2.15. The fourth-order valence-corrected chi connectivity index (χ4v) is 2.36. The number of carbonyl (C=O) groups is 2. The molecule has 0 aliphatic heterocycles. The quantitative estimate of drug-likeness (QED) is 0.601. The van der Waals surface area contributed by atoms with Gasteiger partial charge in [-0.2, -0.15) is 0 Å². The van der Waals surface area contributed by atoms with Crippen molar-refractivity contribution in [2.75, 3.05) is 20.8 Å². The van der Waals surface area contributed by atoms with Gasteiger partial charge in [0.25, 0.3) is 0 Å². The van der Waals surface area contributed by atoms with Crippen molar-refractivity contribution in [3.8, 4) is 11.5 Å². The molecule has 0 bridgehead atoms. The van der Waals surface area contributed by atoms with Gasteiger partial charge in [0, 0.05) is 30.1 Å². The molecule has 0 saturated heterocycles. The van der Waals surface area contributed by atoms with E-state index in [1.54, 1.807) is 12.1 Å². The summed E-state index contributed by atoms with van der Waals surface area (Å²) in [6.07, 6.45) is 0. The lowest BCUT2D eigenvalue weighted by molar-refractivity contribution is 0.0474. The topological polar surface area (TPSA) is 66.8 Å². The summed E-state index contributed by atoms with van der Waals surface area (Å²) in [7, 11) is 4.87. The van der Waals surface area contributed by atoms with Gasteiger partial charge in [0.05, 0.1) is 19.8 Å². The number of hydrogen-bond donors (Lipinski definition) is 0. The normalized spacial score (nSPS) is 10.4. The fraction of sp³-hybridized carbons (Fsp3) is 0.333. The first-order chi connectivity index (χ1) is 11.4. The molecule has 0 unspecified atom stereocenters. The summed E-state index contributed by atoms with van der Waals surface area (Å²) in [5.41, 5.74) is 2.64. The molecule has 0 spiro atoms. The van der Waals surface area contributed by atoms with Crippen LogP contribution in [0.25, 0.3) is 0 Å². The number of ether oxygens (including phenoxy) is 3. The van der Waals surface area contributed by atoms with Crippen LogP contribution in [-0.4, -0.2) is 37.1 Å². The molecule has 0 radical (unpaired) electrons. The molecule has 24 heavy (non-hydrogen) atoms. The Morgan fingerprint density at radius 3 is 2.04 bits per heavy atom. The van der Waals surface area contributed by atoms with Gasteiger partial charge in [-0.05, 0) is 32.0 Å². The lowest BCUT2D eigenvalue weighted by atomic mass is 10.1. The van der Waals surface area contributed by atoms with Gasteiger partial charge in [-0.25, -0.2) is 4.79 Å². The van der Waals surface area contributed by atoms with Crippen molar-refractivity contribution in [3.05, 3.63) is 46.8 Å². The molecule has 1 heterocycles. The van der Waals surface area contributed by atoms with Crippen LogP contribution in [0, 0.1) is 13.8 Å². The van der Waals surface area contributed by atoms with Crippen molar-refractivity contribution < 1.29 is 23.8 Å². The van der Waals surface area contributed by atoms with Crippen LogP contribution in [0.1, 0.15) is 32.1 Å². The number of esters is 1. The van der Waals surface area contributed by atoms with Gasteiger partial charge in [-0.3, -0.25) is 4.79 Å². The standard InChI is InChI=1S/C18H21NO5/c1-11-6-16(12(2)19(11)3)17(20)10-24-18(21)13-7-14(22-4)9-15(8-13)23-5/h6-9H,10H2,1-5H3. The molecule has 0 fully saturated rings. The van der Waals surface area contributed by atoms with E-state index in [2.05, 4.69) is 0 Å². The maximum absolute atomic E-state index is 12.3. The first-order valence-corrected chi connectivity index (χ1v) is 7.43. The number of benzene rings is 1. The van der Waals surface area contributed by atoms with Crippen LogP contribution in [-0.2, 0) is 11.8 Å². The highest BCUT2D eigenvalue weighted by molar-refractivity contribution is 6.00. The van der Waals surface area contributed by atoms with Crippen LogP contribution < -0.4 is 9.47 Å². The average molecular weight is 331 g/mol. The zero-order valence-electron chi connectivity index (χ0n) is 14.5. The third kappa shape index (κ3) is 3.59. The van der Waals surface area contributed by atoms with E-state index in [0.717, 1.165) is 11.4 Å². The minimum atomic E-state index is -0.606. The molecule has 6 nitrogen and oxygen atoms in total. The Morgan fingerprint density at radius 1 is 1.00 bits per heavy atom. The van der Waals surface area contributed by atoms with Crippen LogP contribution in [0.2, 0.25) is 0 Å². The van der Waals surface area contributed by atoms with Crippen molar-refractivity contribution in [1.29, 1.82) is 0 Å². The molecule has 0 aliphatic carbocycles. The number of nitrogens with zero attached hydrogens (tertiary/aromatic N) is 1. The molecule has 0 amide bonds. The minimum absolute atomic E-state index is 0.237. The maximum atomic E-state index is 12.3. The van der Waals surface area contributed by atoms with E-state index in [0.29, 0.717) is 17.1 Å². The molecule has 0 aliphatic rings. The number of methoxy groups -OCH3 is 2. The van der Waals surface area contributed by atoms with Crippen LogP contribution in [0.15, 0.2) is 24.3 Å². The SMILES string of the molecule is COc1cc(OC)cc(C(=O)OCC(=O)c2cc(C)n(C)c2C)c1. The van der Waals surface area contributed by atoms with E-state index >= 15 is 0 Å². The van der Waals surface area contributed by atoms with Gasteiger partial charge in [-0.1, -0.05) is 0 Å². The van der Waals surface area contributed by atoms with Crippen molar-refractivity contribution in [3.63, 3.8) is 0 Å². The Hall–Kier alpha value is -2.76. The monoisotopic (exact) mass is 331 g/mol. The van der Waals surface area contributed by atoms with Gasteiger partial charge in [0.2, 0.25) is 5.78 Å². The number of ketones is 1. The Balaban J connectivity index is 2.10. The second kappa shape index (κ2) is 7.21. The van der Waals surface area contributed by atoms with Gasteiger partial charge in [0.1, 0.15) is 11.5 Å². The molecule has 128 valence electrons. The number of aryl methyl sites for hydroxylation is 1. The highest BCUT2D eigenvalue weighted by atomic mass is 16.5. The van der Waals surface area contributed by atoms with Crippen LogP contribution in [0.3, 0.4) is 0 Å². The Bertz CT molecular complexity index is 754. The number of hydrogen-bond acceptors (Lipinski definition) is 5. The Labute approximate surface area is 140 Å². The molecular formula is C18H21NO5. The van der Waals surface area contributed by atoms with E-state index in [9.17, 15) is 9.59 Å². The average Bonchev–Trinajstić information content (AvgIpc) is 2.86. The third-order valence-corrected chi connectivity index (χ3v) is 4.00. The first-order valence-electron chi connectivity index (χ1n) is 7.43. The fourth-order valence-electron chi connectivity index (χ4n) is 2.36. The second-order valence-electron chi connectivity index (χ2n) is 5.44. The summed E-state index contributed by atoms with van der Waals surface area (Å²) < 4.78 is 17.3. The number of rotatable bonds is 6. The molecule has 6 heteroatoms. The third-order valence-electron chi connectivity index (χ3n) is 4.00. The summed E-state index contributed by atoms with van der Waals surface area (Å²) in [6, 6.07) is 6.51. The summed E-state index contributed by atoms with van der Waals surface area (Å²) >= 11 is 0. The van der Waals surface area contributed by atoms with Crippen LogP contribution >= 0.6 is 0 Å². The Morgan fingerprint density at radius 2 is 1.58 bits per heavy atom. The highest BCUT2D eigenvalue weighted by Gasteiger charge is 2.17. The van der Waals surface area contributed by atoms with Crippen molar-refractivity contribution in [2.24, 2.45) is 7.05 Å². The largest absolute Gasteiger partial charge is 0.497 e. The minimum Gasteiger partial charge on any atom is -0.497 e. The second-order valence-corrected chi connectivity index (χ2v) is 5.44. The van der Waals surface area contributed by atoms with E-state index in [4.69, 9.17) is 14.2 Å². The van der Waals surface area contributed by atoms with Crippen molar-refractivity contribution in [1.82, 2.24) is 4.57 Å². The van der Waals surface area contributed by atoms with Crippen molar-refractivity contribution in [2.45, 2.75) is 13.8 Å². The number of aromatic nitrogens is 1. The maximum Gasteiger partial charge on any atom is 0.338 e. The van der Waals surface area contributed by atoms with Gasteiger partial charge in [-0.15, -0.1) is 0 Å². The van der Waals surface area contributed by atoms with E-state index in [1.165, 1.54) is 26.4 Å². The first kappa shape index (κ1) is 17.6. The number of Topliss-reactive ketones (excluding diaryl/α,β-unsaturated/α-hetero) is 1. The Kier molecular flexibility index (Phi) is 5.28. The zero-order valence-corrected chi connectivity index (χ0v) is 14.5. The van der Waals surface area contributed by atoms with Crippen molar-refractivity contribution >= 4 is 11.8 Å². The zero-order chi connectivity index (χ0) is 17.9. The predicted octanol–water partition coefficient (Wildman–Crippen LogP) is 2.70. The summed E-state index contributed by atoms with van der Waals surface area (Å²) in [5, 5.41) is 0. The van der Waals surface area contributed by atoms with E-state index in [-0.39, 0.29) is 18.0 Å². The van der Waals surface area contributed by atoms with E-state index < -0.39 is 5.97 Å². The van der Waals surface area contributed by atoms with Crippen LogP contribution in [0.5, 0.6) is 11.5 Å². The molecule has 1 aromatic carbocycles. The van der Waals surface area contributed by atoms with E-state index in [1.807, 2.05) is 25.5 Å². The molecule has 2 rings (SSSR count). The molecule has 1 aromatic heterocycles. The highest BCUT2D eigenvalue weighted by Crippen LogP contribution is 2.23. The van der Waals surface area contributed by atoms with Gasteiger partial charge >= 0.3 is 5.97 Å². The predicted molar refractivity (Wildman–Crippen MR) is 89.0 cm³/mol. The van der Waals surface area contributed by atoms with Crippen LogP contribution in [0.4, 0.5) is 0 Å². The lowest BCUT2D eigenvalue weighted by Gasteiger charge is -2.08. The van der Waals surface area contributed by atoms with Gasteiger partial charge in [0.15, 0.2) is 6.61 Å². The summed E-state index contributed by atoms with van der Waals surface area (Å²) in [5.74, 6) is 0.106. The number of carbonyl (C=O) groups excluding carboxylic acids is 2.